The quantitative estimate of drug-likeness (QED) is 0.378. The molecule has 36 heavy (non-hydrogen) atoms. The van der Waals surface area contributed by atoms with Gasteiger partial charge in [-0.25, -0.2) is 25.5 Å². The van der Waals surface area contributed by atoms with Gasteiger partial charge in [-0.05, 0) is 48.5 Å². The molecular formula is C24H26FN3O6S2. The van der Waals surface area contributed by atoms with Gasteiger partial charge in [0.05, 0.1) is 22.0 Å². The molecule has 0 aliphatic rings. The molecule has 0 saturated heterocycles. The summed E-state index contributed by atoms with van der Waals surface area (Å²) in [7, 11) is -4.92. The molecule has 0 atom stereocenters. The number of carbonyl (C=O) groups excluding carboxylic acids is 1. The SMILES string of the molecule is CN(C)S(=O)(=O)c1ccc(OCCNC(=O)CN(c2ccccc2F)S(=O)(=O)c2ccccc2)cc1. The molecule has 0 saturated carbocycles. The van der Waals surface area contributed by atoms with E-state index in [9.17, 15) is 26.0 Å². The summed E-state index contributed by atoms with van der Waals surface area (Å²) < 4.78 is 72.4. The fourth-order valence-electron chi connectivity index (χ4n) is 3.14. The summed E-state index contributed by atoms with van der Waals surface area (Å²) in [5.74, 6) is -1.05. The number of rotatable bonds is 11. The molecule has 1 amide bonds. The second-order valence-corrected chi connectivity index (χ2v) is 11.7. The van der Waals surface area contributed by atoms with Crippen LogP contribution in [0.3, 0.4) is 0 Å². The Labute approximate surface area is 210 Å². The third-order valence-corrected chi connectivity index (χ3v) is 8.64. The van der Waals surface area contributed by atoms with Crippen molar-refractivity contribution in [3.63, 3.8) is 0 Å². The van der Waals surface area contributed by atoms with Crippen molar-refractivity contribution in [2.24, 2.45) is 0 Å². The van der Waals surface area contributed by atoms with Crippen molar-refractivity contribution in [3.8, 4) is 5.75 Å². The number of para-hydroxylation sites is 1. The molecule has 9 nitrogen and oxygen atoms in total. The van der Waals surface area contributed by atoms with Crippen molar-refractivity contribution < 1.29 is 30.8 Å². The molecule has 0 heterocycles. The van der Waals surface area contributed by atoms with Gasteiger partial charge >= 0.3 is 0 Å². The molecule has 0 bridgehead atoms. The van der Waals surface area contributed by atoms with Gasteiger partial charge in [0.2, 0.25) is 15.9 Å². The first-order valence-electron chi connectivity index (χ1n) is 10.8. The first-order valence-corrected chi connectivity index (χ1v) is 13.7. The first-order chi connectivity index (χ1) is 17.0. The van der Waals surface area contributed by atoms with Crippen LogP contribution < -0.4 is 14.4 Å². The maximum absolute atomic E-state index is 14.5. The molecule has 3 aromatic carbocycles. The molecule has 0 aromatic heterocycles. The molecule has 1 N–H and O–H groups in total. The predicted molar refractivity (Wildman–Crippen MR) is 133 cm³/mol. The normalized spacial score (nSPS) is 11.8. The molecule has 3 rings (SSSR count). The first kappa shape index (κ1) is 27.1. The van der Waals surface area contributed by atoms with Crippen molar-refractivity contribution in [3.05, 3.63) is 84.7 Å². The highest BCUT2D eigenvalue weighted by Gasteiger charge is 2.28. The second kappa shape index (κ2) is 11.5. The standard InChI is InChI=1S/C24H26FN3O6S2/c1-27(2)35(30,31)21-14-12-19(13-15-21)34-17-16-26-24(29)18-28(23-11-7-6-10-22(23)25)36(32,33)20-8-4-3-5-9-20/h3-15H,16-18H2,1-2H3,(H,26,29). The third-order valence-electron chi connectivity index (χ3n) is 5.03. The van der Waals surface area contributed by atoms with Crippen LogP contribution in [-0.4, -0.2) is 60.8 Å². The molecule has 0 aliphatic heterocycles. The summed E-state index contributed by atoms with van der Waals surface area (Å²) >= 11 is 0. The summed E-state index contributed by atoms with van der Waals surface area (Å²) in [6.45, 7) is -0.570. The maximum Gasteiger partial charge on any atom is 0.264 e. The number of benzene rings is 3. The van der Waals surface area contributed by atoms with E-state index < -0.39 is 38.3 Å². The highest BCUT2D eigenvalue weighted by atomic mass is 32.2. The summed E-state index contributed by atoms with van der Waals surface area (Å²) in [5.41, 5.74) is -0.250. The van der Waals surface area contributed by atoms with Crippen LogP contribution in [0.25, 0.3) is 0 Å². The van der Waals surface area contributed by atoms with Crippen LogP contribution in [0.2, 0.25) is 0 Å². The lowest BCUT2D eigenvalue weighted by atomic mass is 10.3. The zero-order valence-electron chi connectivity index (χ0n) is 19.7. The molecule has 0 spiro atoms. The van der Waals surface area contributed by atoms with Crippen molar-refractivity contribution in [1.82, 2.24) is 9.62 Å². The van der Waals surface area contributed by atoms with Gasteiger partial charge < -0.3 is 10.1 Å². The van der Waals surface area contributed by atoms with Crippen molar-refractivity contribution >= 4 is 31.6 Å². The van der Waals surface area contributed by atoms with Gasteiger partial charge in [0.1, 0.15) is 24.7 Å². The topological polar surface area (TPSA) is 113 Å². The molecule has 192 valence electrons. The Morgan fingerprint density at radius 2 is 1.42 bits per heavy atom. The minimum Gasteiger partial charge on any atom is -0.492 e. The Balaban J connectivity index is 1.63. The van der Waals surface area contributed by atoms with Crippen LogP contribution in [0.5, 0.6) is 5.75 Å². The van der Waals surface area contributed by atoms with E-state index in [0.717, 1.165) is 14.7 Å². The zero-order chi connectivity index (χ0) is 26.3. The van der Waals surface area contributed by atoms with Crippen LogP contribution in [0.15, 0.2) is 88.7 Å². The lowest BCUT2D eigenvalue weighted by molar-refractivity contribution is -0.119. The number of sulfonamides is 2. The second-order valence-electron chi connectivity index (χ2n) is 7.73. The van der Waals surface area contributed by atoms with Gasteiger partial charge in [0.15, 0.2) is 0 Å². The average molecular weight is 536 g/mol. The third kappa shape index (κ3) is 6.39. The Hall–Kier alpha value is -3.48. The number of carbonyl (C=O) groups is 1. The minimum absolute atomic E-state index is 0.0348. The van der Waals surface area contributed by atoms with E-state index in [0.29, 0.717) is 5.75 Å². The van der Waals surface area contributed by atoms with Gasteiger partial charge in [-0.3, -0.25) is 9.10 Å². The van der Waals surface area contributed by atoms with E-state index in [1.54, 1.807) is 6.07 Å². The molecule has 12 heteroatoms. The number of halogens is 1. The van der Waals surface area contributed by atoms with Crippen molar-refractivity contribution in [2.45, 2.75) is 9.79 Å². The van der Waals surface area contributed by atoms with E-state index >= 15 is 0 Å². The van der Waals surface area contributed by atoms with Crippen molar-refractivity contribution in [1.29, 1.82) is 0 Å². The van der Waals surface area contributed by atoms with Gasteiger partial charge in [-0.2, -0.15) is 0 Å². The number of amides is 1. The van der Waals surface area contributed by atoms with Gasteiger partial charge in [0, 0.05) is 14.1 Å². The van der Waals surface area contributed by atoms with Crippen LogP contribution in [-0.2, 0) is 24.8 Å². The van der Waals surface area contributed by atoms with Gasteiger partial charge in [-0.1, -0.05) is 30.3 Å². The predicted octanol–water partition coefficient (Wildman–Crippen LogP) is 2.47. The Morgan fingerprint density at radius 3 is 2.03 bits per heavy atom. The Kier molecular flexibility index (Phi) is 8.66. The lowest BCUT2D eigenvalue weighted by Gasteiger charge is -2.24. The largest absolute Gasteiger partial charge is 0.492 e. The Morgan fingerprint density at radius 1 is 0.833 bits per heavy atom. The van der Waals surface area contributed by atoms with Crippen LogP contribution in [0.4, 0.5) is 10.1 Å². The summed E-state index contributed by atoms with van der Waals surface area (Å²) in [6.07, 6.45) is 0. The molecule has 0 aliphatic carbocycles. The smallest absolute Gasteiger partial charge is 0.264 e. The number of hydrogen-bond donors (Lipinski definition) is 1. The molecule has 0 radical (unpaired) electrons. The van der Waals surface area contributed by atoms with E-state index in [4.69, 9.17) is 4.74 Å². The van der Waals surface area contributed by atoms with Crippen molar-refractivity contribution in [2.75, 3.05) is 38.1 Å². The summed E-state index contributed by atoms with van der Waals surface area (Å²) in [4.78, 5) is 12.6. The molecule has 0 unspecified atom stereocenters. The number of anilines is 1. The minimum atomic E-state index is -4.22. The molecule has 3 aromatic rings. The molecule has 0 fully saturated rings. The highest BCUT2D eigenvalue weighted by Crippen LogP contribution is 2.26. The fraction of sp³-hybridized carbons (Fsp3) is 0.208. The summed E-state index contributed by atoms with van der Waals surface area (Å²) in [5, 5.41) is 2.55. The number of hydrogen-bond acceptors (Lipinski definition) is 6. The zero-order valence-corrected chi connectivity index (χ0v) is 21.3. The lowest BCUT2D eigenvalue weighted by Crippen LogP contribution is -2.42. The van der Waals surface area contributed by atoms with Crippen LogP contribution in [0.1, 0.15) is 0 Å². The fourth-order valence-corrected chi connectivity index (χ4v) is 5.49. The van der Waals surface area contributed by atoms with E-state index in [-0.39, 0.29) is 28.6 Å². The highest BCUT2D eigenvalue weighted by molar-refractivity contribution is 7.92. The number of nitrogens with zero attached hydrogens (tertiary/aromatic N) is 2. The molecular weight excluding hydrogens is 509 g/mol. The average Bonchev–Trinajstić information content (AvgIpc) is 2.86. The monoisotopic (exact) mass is 535 g/mol. The van der Waals surface area contributed by atoms with E-state index in [2.05, 4.69) is 5.32 Å². The van der Waals surface area contributed by atoms with Gasteiger partial charge in [0.25, 0.3) is 10.0 Å². The number of ether oxygens (including phenoxy) is 1. The number of nitrogens with one attached hydrogen (secondary N) is 1. The summed E-state index contributed by atoms with van der Waals surface area (Å²) in [6, 6.07) is 18.5. The van der Waals surface area contributed by atoms with Crippen LogP contribution >= 0.6 is 0 Å². The maximum atomic E-state index is 14.5. The van der Waals surface area contributed by atoms with E-state index in [1.807, 2.05) is 0 Å². The van der Waals surface area contributed by atoms with E-state index in [1.165, 1.54) is 80.8 Å². The van der Waals surface area contributed by atoms with Gasteiger partial charge in [-0.15, -0.1) is 0 Å². The Bertz CT molecular complexity index is 1400. The van der Waals surface area contributed by atoms with Crippen LogP contribution in [0, 0.1) is 5.82 Å².